The number of rotatable bonds is 0. The highest BCUT2D eigenvalue weighted by molar-refractivity contribution is 4.95. The number of fused-ring (bicyclic) bond motifs is 1. The van der Waals surface area contributed by atoms with Gasteiger partial charge < -0.3 is 14.6 Å². The molecule has 2 saturated carbocycles. The van der Waals surface area contributed by atoms with Gasteiger partial charge in [-0.25, -0.2) is 0 Å². The van der Waals surface area contributed by atoms with Crippen molar-refractivity contribution >= 4 is 0 Å². The molecule has 14 heavy (non-hydrogen) atoms. The summed E-state index contributed by atoms with van der Waals surface area (Å²) in [6, 6.07) is 0. The number of ether oxygens (including phenoxy) is 2. The Morgan fingerprint density at radius 2 is 1.71 bits per heavy atom. The average molecular weight is 198 g/mol. The summed E-state index contributed by atoms with van der Waals surface area (Å²) in [7, 11) is 0. The van der Waals surface area contributed by atoms with Crippen molar-refractivity contribution in [3.8, 4) is 0 Å². The molecule has 3 atom stereocenters. The van der Waals surface area contributed by atoms with Gasteiger partial charge in [0.05, 0.1) is 19.3 Å². The monoisotopic (exact) mass is 198 g/mol. The van der Waals surface area contributed by atoms with Crippen LogP contribution in [0.25, 0.3) is 0 Å². The summed E-state index contributed by atoms with van der Waals surface area (Å²) in [4.78, 5) is 0. The van der Waals surface area contributed by atoms with E-state index in [0.717, 1.165) is 51.2 Å². The average Bonchev–Trinajstić information content (AvgIpc) is 2.72. The number of hydrogen-bond donors (Lipinski definition) is 1. The Morgan fingerprint density at radius 1 is 1.00 bits per heavy atom. The Hall–Kier alpha value is -0.120. The zero-order valence-corrected chi connectivity index (χ0v) is 8.45. The maximum Gasteiger partial charge on any atom is 0.169 e. The third kappa shape index (κ3) is 1.38. The van der Waals surface area contributed by atoms with Gasteiger partial charge in [0, 0.05) is 12.8 Å². The van der Waals surface area contributed by atoms with E-state index in [0.29, 0.717) is 5.92 Å². The third-order valence-electron chi connectivity index (χ3n) is 4.07. The molecular weight excluding hydrogens is 180 g/mol. The highest BCUT2D eigenvalue weighted by atomic mass is 16.7. The van der Waals surface area contributed by atoms with Gasteiger partial charge in [-0.15, -0.1) is 0 Å². The topological polar surface area (TPSA) is 38.7 Å². The highest BCUT2D eigenvalue weighted by Crippen LogP contribution is 2.50. The summed E-state index contributed by atoms with van der Waals surface area (Å²) in [5, 5.41) is 9.61. The second kappa shape index (κ2) is 3.19. The first-order chi connectivity index (χ1) is 6.77. The summed E-state index contributed by atoms with van der Waals surface area (Å²) in [6.45, 7) is 1.50. The van der Waals surface area contributed by atoms with Gasteiger partial charge in [-0.2, -0.15) is 0 Å². The van der Waals surface area contributed by atoms with E-state index >= 15 is 0 Å². The molecule has 2 aliphatic carbocycles. The Morgan fingerprint density at radius 3 is 2.50 bits per heavy atom. The fourth-order valence-corrected chi connectivity index (χ4v) is 3.44. The van der Waals surface area contributed by atoms with Crippen LogP contribution in [0.4, 0.5) is 0 Å². The maximum atomic E-state index is 9.61. The van der Waals surface area contributed by atoms with E-state index in [1.165, 1.54) is 0 Å². The van der Waals surface area contributed by atoms with Gasteiger partial charge in [0.15, 0.2) is 5.79 Å². The molecule has 0 amide bonds. The van der Waals surface area contributed by atoms with E-state index in [9.17, 15) is 5.11 Å². The molecule has 80 valence electrons. The van der Waals surface area contributed by atoms with E-state index in [-0.39, 0.29) is 11.9 Å². The predicted octanol–water partition coefficient (Wildman–Crippen LogP) is 1.30. The van der Waals surface area contributed by atoms with Crippen LogP contribution in [-0.4, -0.2) is 30.2 Å². The molecule has 3 nitrogen and oxygen atoms in total. The van der Waals surface area contributed by atoms with Gasteiger partial charge in [0.1, 0.15) is 0 Å². The Labute approximate surface area is 84.4 Å². The molecule has 1 spiro atoms. The first kappa shape index (κ1) is 9.13. The fraction of sp³-hybridized carbons (Fsp3) is 1.00. The largest absolute Gasteiger partial charge is 0.393 e. The molecule has 0 aromatic rings. The normalized spacial score (nSPS) is 45.6. The molecule has 1 heterocycles. The number of aliphatic hydroxyl groups excluding tert-OH is 1. The second-order valence-electron chi connectivity index (χ2n) is 5.00. The lowest BCUT2D eigenvalue weighted by Crippen LogP contribution is -2.26. The quantitative estimate of drug-likeness (QED) is 0.637. The molecule has 3 rings (SSSR count). The summed E-state index contributed by atoms with van der Waals surface area (Å²) in [6.07, 6.45) is 5.07. The van der Waals surface area contributed by atoms with Gasteiger partial charge in [0.25, 0.3) is 0 Å². The molecule has 3 fully saturated rings. The number of hydrogen-bond acceptors (Lipinski definition) is 3. The lowest BCUT2D eigenvalue weighted by molar-refractivity contribution is -0.154. The summed E-state index contributed by atoms with van der Waals surface area (Å²) < 4.78 is 11.4. The van der Waals surface area contributed by atoms with Crippen LogP contribution in [0.3, 0.4) is 0 Å². The van der Waals surface area contributed by atoms with Crippen LogP contribution in [0.5, 0.6) is 0 Å². The lowest BCUT2D eigenvalue weighted by atomic mass is 9.80. The fourth-order valence-electron chi connectivity index (χ4n) is 3.44. The van der Waals surface area contributed by atoms with E-state index in [2.05, 4.69) is 0 Å². The Balaban J connectivity index is 1.72. The molecule has 3 heteroatoms. The Kier molecular flexibility index (Phi) is 2.08. The van der Waals surface area contributed by atoms with Crippen LogP contribution >= 0.6 is 0 Å². The van der Waals surface area contributed by atoms with Crippen molar-refractivity contribution in [2.45, 2.75) is 44.0 Å². The van der Waals surface area contributed by atoms with Crippen molar-refractivity contribution in [3.63, 3.8) is 0 Å². The van der Waals surface area contributed by atoms with Crippen LogP contribution in [0.15, 0.2) is 0 Å². The predicted molar refractivity (Wildman–Crippen MR) is 50.7 cm³/mol. The first-order valence-corrected chi connectivity index (χ1v) is 5.73. The zero-order valence-electron chi connectivity index (χ0n) is 8.45. The minimum atomic E-state index is -0.251. The van der Waals surface area contributed by atoms with Gasteiger partial charge in [-0.3, -0.25) is 0 Å². The van der Waals surface area contributed by atoms with Crippen LogP contribution in [0, 0.1) is 11.8 Å². The van der Waals surface area contributed by atoms with Crippen LogP contribution < -0.4 is 0 Å². The van der Waals surface area contributed by atoms with Crippen molar-refractivity contribution in [3.05, 3.63) is 0 Å². The number of aliphatic hydroxyl groups is 1. The molecular formula is C11H18O3. The first-order valence-electron chi connectivity index (χ1n) is 5.73. The van der Waals surface area contributed by atoms with Gasteiger partial charge >= 0.3 is 0 Å². The van der Waals surface area contributed by atoms with Gasteiger partial charge in [0.2, 0.25) is 0 Å². The summed E-state index contributed by atoms with van der Waals surface area (Å²) >= 11 is 0. The summed E-state index contributed by atoms with van der Waals surface area (Å²) in [5.74, 6) is 1.12. The molecule has 1 N–H and O–H groups in total. The van der Waals surface area contributed by atoms with E-state index in [1.54, 1.807) is 0 Å². The van der Waals surface area contributed by atoms with Crippen molar-refractivity contribution in [1.29, 1.82) is 0 Å². The molecule has 1 unspecified atom stereocenters. The van der Waals surface area contributed by atoms with E-state index in [4.69, 9.17) is 9.47 Å². The SMILES string of the molecule is O[C@@H]1CC[C@H]2CC3(CC2C1)OCCO3. The zero-order chi connectivity index (χ0) is 9.60. The van der Waals surface area contributed by atoms with Crippen molar-refractivity contribution in [2.75, 3.05) is 13.2 Å². The molecule has 0 aromatic heterocycles. The van der Waals surface area contributed by atoms with Crippen molar-refractivity contribution in [2.24, 2.45) is 11.8 Å². The molecule has 0 radical (unpaired) electrons. The van der Waals surface area contributed by atoms with Crippen molar-refractivity contribution < 1.29 is 14.6 Å². The Bertz CT molecular complexity index is 223. The van der Waals surface area contributed by atoms with Crippen molar-refractivity contribution in [1.82, 2.24) is 0 Å². The minimum absolute atomic E-state index is 0.0761. The highest BCUT2D eigenvalue weighted by Gasteiger charge is 2.50. The molecule has 0 aromatic carbocycles. The lowest BCUT2D eigenvalue weighted by Gasteiger charge is -2.27. The third-order valence-corrected chi connectivity index (χ3v) is 4.07. The minimum Gasteiger partial charge on any atom is -0.393 e. The second-order valence-corrected chi connectivity index (χ2v) is 5.00. The van der Waals surface area contributed by atoms with Crippen LogP contribution in [0.2, 0.25) is 0 Å². The molecule has 0 bridgehead atoms. The van der Waals surface area contributed by atoms with Gasteiger partial charge in [-0.1, -0.05) is 0 Å². The molecule has 3 aliphatic rings. The van der Waals surface area contributed by atoms with Gasteiger partial charge in [-0.05, 0) is 31.1 Å². The summed E-state index contributed by atoms with van der Waals surface area (Å²) in [5.41, 5.74) is 0. The smallest absolute Gasteiger partial charge is 0.169 e. The van der Waals surface area contributed by atoms with Crippen LogP contribution in [0.1, 0.15) is 32.1 Å². The molecule has 1 aliphatic heterocycles. The van der Waals surface area contributed by atoms with Crippen LogP contribution in [-0.2, 0) is 9.47 Å². The maximum absolute atomic E-state index is 9.61. The standard InChI is InChI=1S/C11H18O3/c12-10-2-1-8-6-11(7-9(8)5-10)13-3-4-14-11/h8-10,12H,1-7H2/t8-,9?,10+/m0/s1. The van der Waals surface area contributed by atoms with E-state index in [1.807, 2.05) is 0 Å². The van der Waals surface area contributed by atoms with E-state index < -0.39 is 0 Å². The molecule has 1 saturated heterocycles.